The number of carboxylic acids is 1. The quantitative estimate of drug-likeness (QED) is 0.823. The summed E-state index contributed by atoms with van der Waals surface area (Å²) in [6.45, 7) is 3.71. The molecule has 0 radical (unpaired) electrons. The van der Waals surface area contributed by atoms with Gasteiger partial charge in [0.15, 0.2) is 0 Å². The second-order valence-corrected chi connectivity index (χ2v) is 5.19. The zero-order chi connectivity index (χ0) is 10.9. The average molecular weight is 238 g/mol. The average Bonchev–Trinajstić information content (AvgIpc) is 2.87. The molecule has 1 aromatic heterocycles. The van der Waals surface area contributed by atoms with Gasteiger partial charge in [0, 0.05) is 16.2 Å². The number of allylic oxidation sites excluding steroid dienone is 1. The van der Waals surface area contributed by atoms with Crippen molar-refractivity contribution in [2.24, 2.45) is 0 Å². The predicted octanol–water partition coefficient (Wildman–Crippen LogP) is 2.89. The molecule has 0 aromatic carbocycles. The fourth-order valence-electron chi connectivity index (χ4n) is 1.60. The highest BCUT2D eigenvalue weighted by Crippen LogP contribution is 2.43. The Balaban J connectivity index is 2.47. The molecule has 2 rings (SSSR count). The molecule has 1 aromatic rings. The third kappa shape index (κ3) is 1.64. The van der Waals surface area contributed by atoms with E-state index in [0.29, 0.717) is 0 Å². The zero-order valence-corrected chi connectivity index (χ0v) is 9.61. The Morgan fingerprint density at radius 1 is 1.60 bits per heavy atom. The van der Waals surface area contributed by atoms with Crippen LogP contribution in [-0.4, -0.2) is 16.8 Å². The van der Waals surface area contributed by atoms with Crippen molar-refractivity contribution in [1.82, 2.24) is 0 Å². The maximum atomic E-state index is 11.0. The summed E-state index contributed by atoms with van der Waals surface area (Å²) in [7, 11) is 0. The molecule has 1 unspecified atom stereocenters. The molecule has 0 aliphatic carbocycles. The minimum absolute atomic E-state index is 0.256. The van der Waals surface area contributed by atoms with Gasteiger partial charge in [-0.3, -0.25) is 0 Å². The van der Waals surface area contributed by atoms with Crippen molar-refractivity contribution in [3.05, 3.63) is 46.0 Å². The van der Waals surface area contributed by atoms with Gasteiger partial charge >= 0.3 is 5.97 Å². The van der Waals surface area contributed by atoms with Crippen LogP contribution < -0.4 is 0 Å². The monoisotopic (exact) mass is 238 g/mol. The first-order valence-corrected chi connectivity index (χ1v) is 6.35. The van der Waals surface area contributed by atoms with Gasteiger partial charge in [-0.25, -0.2) is 4.79 Å². The number of thioether (sulfide) groups is 1. The Morgan fingerprint density at radius 2 is 2.40 bits per heavy atom. The van der Waals surface area contributed by atoms with Crippen LogP contribution in [0.3, 0.4) is 0 Å². The second-order valence-electron chi connectivity index (χ2n) is 3.35. The fourth-order valence-corrected chi connectivity index (χ4v) is 3.74. The Bertz CT molecular complexity index is 420. The first-order chi connectivity index (χ1) is 7.17. The molecule has 4 heteroatoms. The number of carbonyl (C=O) groups is 1. The minimum atomic E-state index is -0.921. The summed E-state index contributed by atoms with van der Waals surface area (Å²) in [5, 5.41) is 13.0. The topological polar surface area (TPSA) is 37.3 Å². The lowest BCUT2D eigenvalue weighted by molar-refractivity contribution is -0.133. The van der Waals surface area contributed by atoms with Crippen LogP contribution in [0, 0.1) is 0 Å². The van der Waals surface area contributed by atoms with Gasteiger partial charge in [-0.05, 0) is 16.9 Å². The van der Waals surface area contributed by atoms with Gasteiger partial charge in [0.25, 0.3) is 0 Å². The molecule has 78 valence electrons. The molecule has 0 amide bonds. The fraction of sp³-hybridized carbons (Fsp3) is 0.182. The van der Waals surface area contributed by atoms with Crippen molar-refractivity contribution >= 4 is 29.1 Å². The van der Waals surface area contributed by atoms with Crippen LogP contribution in [0.2, 0.25) is 0 Å². The van der Waals surface area contributed by atoms with Gasteiger partial charge in [-0.1, -0.05) is 18.7 Å². The molecule has 0 fully saturated rings. The van der Waals surface area contributed by atoms with Crippen molar-refractivity contribution in [1.29, 1.82) is 0 Å². The van der Waals surface area contributed by atoms with Crippen LogP contribution in [0.4, 0.5) is 0 Å². The van der Waals surface area contributed by atoms with E-state index < -0.39 is 11.4 Å². The van der Waals surface area contributed by atoms with Gasteiger partial charge in [0.2, 0.25) is 0 Å². The largest absolute Gasteiger partial charge is 0.478 e. The Kier molecular flexibility index (Phi) is 2.71. The van der Waals surface area contributed by atoms with Crippen LogP contribution in [0.1, 0.15) is 4.88 Å². The summed E-state index contributed by atoms with van der Waals surface area (Å²) in [5.74, 6) is -0.186. The second kappa shape index (κ2) is 3.87. The van der Waals surface area contributed by atoms with E-state index in [4.69, 9.17) is 5.11 Å². The van der Waals surface area contributed by atoms with E-state index >= 15 is 0 Å². The van der Waals surface area contributed by atoms with Crippen molar-refractivity contribution in [3.63, 3.8) is 0 Å². The highest BCUT2D eigenvalue weighted by atomic mass is 32.2. The lowest BCUT2D eigenvalue weighted by Crippen LogP contribution is -2.29. The number of rotatable bonds is 3. The molecule has 0 saturated carbocycles. The molecule has 2 heterocycles. The highest BCUT2D eigenvalue weighted by molar-refractivity contribution is 8.02. The Hall–Kier alpha value is -1.00. The third-order valence-corrected chi connectivity index (χ3v) is 4.52. The molecule has 1 atom stereocenters. The van der Waals surface area contributed by atoms with Crippen LogP contribution in [-0.2, 0) is 10.2 Å². The maximum Gasteiger partial charge on any atom is 0.332 e. The molecule has 1 N–H and O–H groups in total. The molecular weight excluding hydrogens is 228 g/mol. The summed E-state index contributed by atoms with van der Waals surface area (Å²) in [6, 6.07) is 3.91. The zero-order valence-electron chi connectivity index (χ0n) is 7.97. The number of aliphatic carboxylic acids is 1. The van der Waals surface area contributed by atoms with Gasteiger partial charge in [-0.2, -0.15) is 0 Å². The third-order valence-electron chi connectivity index (χ3n) is 2.52. The van der Waals surface area contributed by atoms with Crippen molar-refractivity contribution in [2.75, 3.05) is 5.75 Å². The molecular formula is C11H10O2S2. The summed E-state index contributed by atoms with van der Waals surface area (Å²) in [4.78, 5) is 12.1. The molecule has 0 spiro atoms. The molecule has 0 bridgehead atoms. The summed E-state index contributed by atoms with van der Waals surface area (Å²) < 4.78 is 0. The normalized spacial score (nSPS) is 24.3. The standard InChI is InChI=1S/C11H10O2S2/c1-8(10(12)13)11(4-6-14-7-11)9-3-2-5-15-9/h2-6H,1,7H2,(H,12,13). The smallest absolute Gasteiger partial charge is 0.332 e. The summed E-state index contributed by atoms with van der Waals surface area (Å²) in [5.41, 5.74) is -0.240. The van der Waals surface area contributed by atoms with Gasteiger partial charge < -0.3 is 5.11 Å². The molecule has 1 aliphatic rings. The van der Waals surface area contributed by atoms with Crippen LogP contribution in [0.25, 0.3) is 0 Å². The van der Waals surface area contributed by atoms with E-state index in [-0.39, 0.29) is 5.57 Å². The van der Waals surface area contributed by atoms with Crippen molar-refractivity contribution in [2.45, 2.75) is 5.41 Å². The van der Waals surface area contributed by atoms with E-state index in [1.807, 2.05) is 29.0 Å². The first kappa shape index (κ1) is 10.5. The lowest BCUT2D eigenvalue weighted by Gasteiger charge is -2.25. The van der Waals surface area contributed by atoms with Gasteiger partial charge in [0.1, 0.15) is 0 Å². The SMILES string of the molecule is C=C(C(=O)O)C1(c2cccs2)C=CSC1. The first-order valence-electron chi connectivity index (χ1n) is 4.43. The predicted molar refractivity (Wildman–Crippen MR) is 64.4 cm³/mol. The maximum absolute atomic E-state index is 11.0. The number of thiophene rings is 1. The van der Waals surface area contributed by atoms with E-state index in [0.717, 1.165) is 10.6 Å². The number of carboxylic acid groups (broad SMARTS) is 1. The summed E-state index contributed by atoms with van der Waals surface area (Å²) in [6.07, 6.45) is 1.94. The minimum Gasteiger partial charge on any atom is -0.478 e. The summed E-state index contributed by atoms with van der Waals surface area (Å²) >= 11 is 3.20. The van der Waals surface area contributed by atoms with E-state index in [1.165, 1.54) is 0 Å². The van der Waals surface area contributed by atoms with Crippen molar-refractivity contribution < 1.29 is 9.90 Å². The highest BCUT2D eigenvalue weighted by Gasteiger charge is 2.39. The van der Waals surface area contributed by atoms with Gasteiger partial charge in [-0.15, -0.1) is 23.1 Å². The lowest BCUT2D eigenvalue weighted by atomic mass is 9.81. The molecule has 1 aliphatic heterocycles. The van der Waals surface area contributed by atoms with Crippen LogP contribution >= 0.6 is 23.1 Å². The molecule has 2 nitrogen and oxygen atoms in total. The van der Waals surface area contributed by atoms with E-state index in [2.05, 4.69) is 6.58 Å². The van der Waals surface area contributed by atoms with Crippen molar-refractivity contribution in [3.8, 4) is 0 Å². The molecule has 0 saturated heterocycles. The number of hydrogen-bond donors (Lipinski definition) is 1. The van der Waals surface area contributed by atoms with E-state index in [1.54, 1.807) is 23.1 Å². The van der Waals surface area contributed by atoms with Gasteiger partial charge in [0.05, 0.1) is 5.41 Å². The Labute approximate surface area is 96.3 Å². The van der Waals surface area contributed by atoms with E-state index in [9.17, 15) is 4.79 Å². The number of hydrogen-bond acceptors (Lipinski definition) is 3. The molecule has 15 heavy (non-hydrogen) atoms. The Morgan fingerprint density at radius 3 is 2.87 bits per heavy atom. The van der Waals surface area contributed by atoms with Crippen LogP contribution in [0.5, 0.6) is 0 Å². The van der Waals surface area contributed by atoms with Crippen LogP contribution in [0.15, 0.2) is 41.1 Å².